The first-order valence-corrected chi connectivity index (χ1v) is 15.6. The number of fused-ring (bicyclic) bond motifs is 1. The minimum Gasteiger partial charge on any atom is -0.462 e. The van der Waals surface area contributed by atoms with E-state index in [4.69, 9.17) is 9.72 Å². The molecule has 0 radical (unpaired) electrons. The number of benzene rings is 3. The van der Waals surface area contributed by atoms with Gasteiger partial charge in [0.25, 0.3) is 5.56 Å². The molecule has 0 unspecified atom stereocenters. The van der Waals surface area contributed by atoms with Crippen LogP contribution in [-0.4, -0.2) is 22.0 Å². The van der Waals surface area contributed by atoms with E-state index in [2.05, 4.69) is 72.8 Å². The van der Waals surface area contributed by atoms with Crippen LogP contribution in [0.5, 0.6) is 0 Å². The molecule has 0 fully saturated rings. The van der Waals surface area contributed by atoms with Crippen LogP contribution in [0.4, 0.5) is 0 Å². The molecule has 0 saturated carbocycles. The fourth-order valence-corrected chi connectivity index (χ4v) is 10.3. The lowest BCUT2D eigenvalue weighted by atomic mass is 10.2. The zero-order chi connectivity index (χ0) is 26.7. The van der Waals surface area contributed by atoms with Crippen molar-refractivity contribution < 1.29 is 9.53 Å². The summed E-state index contributed by atoms with van der Waals surface area (Å²) < 4.78 is 6.83. The number of carbonyl (C=O) groups is 1. The van der Waals surface area contributed by atoms with Crippen molar-refractivity contribution in [2.24, 2.45) is 0 Å². The molecule has 0 bridgehead atoms. The Balaban J connectivity index is 1.80. The van der Waals surface area contributed by atoms with Crippen LogP contribution in [-0.2, 0) is 17.3 Å². The van der Waals surface area contributed by atoms with E-state index in [-0.39, 0.29) is 12.2 Å². The van der Waals surface area contributed by atoms with Gasteiger partial charge in [-0.15, -0.1) is 0 Å². The first-order chi connectivity index (χ1) is 18.5. The van der Waals surface area contributed by atoms with Crippen LogP contribution >= 0.6 is 18.6 Å². The number of ether oxygens (including phenoxy) is 1. The van der Waals surface area contributed by atoms with E-state index in [1.165, 1.54) is 27.3 Å². The Hall–Kier alpha value is -3.60. The minimum atomic E-state index is -2.25. The van der Waals surface area contributed by atoms with Gasteiger partial charge < -0.3 is 4.74 Å². The Morgan fingerprint density at radius 1 is 0.868 bits per heavy atom. The maximum absolute atomic E-state index is 13.9. The Morgan fingerprint density at radius 2 is 1.37 bits per heavy atom. The van der Waals surface area contributed by atoms with Gasteiger partial charge in [0.2, 0.25) is 0 Å². The number of esters is 1. The molecule has 3 aromatic carbocycles. The van der Waals surface area contributed by atoms with Gasteiger partial charge >= 0.3 is 5.97 Å². The van der Waals surface area contributed by atoms with Gasteiger partial charge in [0.05, 0.1) is 18.0 Å². The highest BCUT2D eigenvalue weighted by atomic mass is 32.1. The smallest absolute Gasteiger partial charge is 0.350 e. The molecule has 0 spiro atoms. The number of hydrogen-bond donors (Lipinski definition) is 0. The lowest BCUT2D eigenvalue weighted by molar-refractivity contribution is 0.0531. The van der Waals surface area contributed by atoms with E-state index < -0.39 is 13.2 Å². The second-order valence-electron chi connectivity index (χ2n) is 9.03. The third-order valence-electron chi connectivity index (χ3n) is 6.88. The quantitative estimate of drug-likeness (QED) is 0.198. The number of carbonyl (C=O) groups excluding carboxylic acids is 1. The van der Waals surface area contributed by atoms with Crippen LogP contribution in [0.2, 0.25) is 0 Å². The highest BCUT2D eigenvalue weighted by molar-refractivity contribution is 7.95. The largest absolute Gasteiger partial charge is 0.462 e. The average Bonchev–Trinajstić information content (AvgIpc) is 3.29. The van der Waals surface area contributed by atoms with Crippen LogP contribution in [0.15, 0.2) is 95.8 Å². The third kappa shape index (κ3) is 4.48. The van der Waals surface area contributed by atoms with E-state index >= 15 is 0 Å². The molecule has 5 nitrogen and oxygen atoms in total. The van der Waals surface area contributed by atoms with Gasteiger partial charge in [-0.1, -0.05) is 72.9 Å². The van der Waals surface area contributed by atoms with E-state index in [0.29, 0.717) is 33.7 Å². The van der Waals surface area contributed by atoms with Gasteiger partial charge in [-0.3, -0.25) is 9.20 Å². The summed E-state index contributed by atoms with van der Waals surface area (Å²) in [4.78, 5) is 32.5. The Morgan fingerprint density at radius 3 is 1.82 bits per heavy atom. The summed E-state index contributed by atoms with van der Waals surface area (Å²) in [6, 6.07) is 31.7. The number of rotatable bonds is 8. The van der Waals surface area contributed by atoms with Crippen LogP contribution in [0.25, 0.3) is 4.96 Å². The molecular weight excluding hydrogens is 511 g/mol. The van der Waals surface area contributed by atoms with E-state index in [0.717, 1.165) is 5.69 Å². The number of thiazole rings is 1. The lowest BCUT2D eigenvalue weighted by Gasteiger charge is -2.28. The maximum Gasteiger partial charge on any atom is 0.350 e. The molecule has 2 aromatic heterocycles. The van der Waals surface area contributed by atoms with Crippen LogP contribution in [0, 0.1) is 6.92 Å². The number of aromatic nitrogens is 2. The third-order valence-corrected chi connectivity index (χ3v) is 12.3. The van der Waals surface area contributed by atoms with E-state index in [9.17, 15) is 9.59 Å². The number of nitrogens with zero attached hydrogens (tertiary/aromatic N) is 2. The fraction of sp³-hybridized carbons (Fsp3) is 0.194. The topological polar surface area (TPSA) is 60.7 Å². The second kappa shape index (κ2) is 11.0. The fourth-order valence-electron chi connectivity index (χ4n) is 5.07. The molecular formula is C31H30N2O3PS+. The molecule has 0 aliphatic heterocycles. The molecule has 0 atom stereocenters. The Labute approximate surface area is 227 Å². The molecule has 192 valence electrons. The van der Waals surface area contributed by atoms with E-state index in [1.807, 2.05) is 25.1 Å². The molecule has 0 saturated heterocycles. The molecule has 0 amide bonds. The first-order valence-electron chi connectivity index (χ1n) is 12.8. The summed E-state index contributed by atoms with van der Waals surface area (Å²) in [6.07, 6.45) is 1.15. The monoisotopic (exact) mass is 541 g/mol. The molecule has 38 heavy (non-hydrogen) atoms. The van der Waals surface area contributed by atoms with Crippen molar-refractivity contribution in [1.82, 2.24) is 9.38 Å². The van der Waals surface area contributed by atoms with Crippen LogP contribution in [0.1, 0.15) is 40.5 Å². The molecule has 7 heteroatoms. The van der Waals surface area contributed by atoms with Crippen molar-refractivity contribution in [2.45, 2.75) is 33.4 Å². The summed E-state index contributed by atoms with van der Waals surface area (Å²) in [5.74, 6) is -0.417. The van der Waals surface area contributed by atoms with Crippen LogP contribution < -0.4 is 21.5 Å². The highest BCUT2D eigenvalue weighted by Gasteiger charge is 2.46. The predicted octanol–water partition coefficient (Wildman–Crippen LogP) is 5.30. The standard InChI is InChI=1S/C31H30N2O3PS/c1-4-26-27(32-31-33(29(26)34)22(3)28(38-31)30(35)36-5-2)21-37(23-15-9-6-10-16-23,24-17-11-7-12-18-24)25-19-13-8-14-20-25/h6-20H,4-5,21H2,1-3H3/q+1. The summed E-state index contributed by atoms with van der Waals surface area (Å²) in [5, 5.41) is 3.70. The summed E-state index contributed by atoms with van der Waals surface area (Å²) in [5.41, 5.74) is 1.95. The van der Waals surface area contributed by atoms with Gasteiger partial charge in [-0.05, 0) is 56.7 Å². The van der Waals surface area contributed by atoms with Crippen molar-refractivity contribution in [3.63, 3.8) is 0 Å². The van der Waals surface area contributed by atoms with E-state index in [1.54, 1.807) is 18.2 Å². The Kier molecular flexibility index (Phi) is 7.55. The predicted molar refractivity (Wildman–Crippen MR) is 158 cm³/mol. The first kappa shape index (κ1) is 26.0. The molecule has 2 heterocycles. The molecule has 0 N–H and O–H groups in total. The van der Waals surface area contributed by atoms with Gasteiger partial charge in [-0.25, -0.2) is 9.78 Å². The van der Waals surface area contributed by atoms with Gasteiger partial charge in [0.1, 0.15) is 34.2 Å². The van der Waals surface area contributed by atoms with Gasteiger partial charge in [0, 0.05) is 5.56 Å². The lowest BCUT2D eigenvalue weighted by Crippen LogP contribution is -2.34. The minimum absolute atomic E-state index is 0.107. The zero-order valence-corrected chi connectivity index (χ0v) is 23.5. The van der Waals surface area contributed by atoms with Crippen molar-refractivity contribution in [1.29, 1.82) is 0 Å². The van der Waals surface area contributed by atoms with Gasteiger partial charge in [-0.2, -0.15) is 0 Å². The summed E-state index contributed by atoms with van der Waals surface area (Å²) in [6.45, 7) is 5.83. The highest BCUT2D eigenvalue weighted by Crippen LogP contribution is 2.58. The summed E-state index contributed by atoms with van der Waals surface area (Å²) >= 11 is 1.22. The average molecular weight is 542 g/mol. The van der Waals surface area contributed by atoms with Crippen LogP contribution in [0.3, 0.4) is 0 Å². The Bertz CT molecular complexity index is 1530. The molecule has 0 aliphatic rings. The molecule has 0 aliphatic carbocycles. The zero-order valence-electron chi connectivity index (χ0n) is 21.8. The maximum atomic E-state index is 13.9. The van der Waals surface area contributed by atoms with Crippen molar-refractivity contribution in [3.05, 3.63) is 123 Å². The SMILES string of the molecule is CCOC(=O)c1sc2nc(C[P+](c3ccccc3)(c3ccccc3)c3ccccc3)c(CC)c(=O)n2c1C. The summed E-state index contributed by atoms with van der Waals surface area (Å²) in [7, 11) is -2.25. The van der Waals surface area contributed by atoms with Crippen molar-refractivity contribution >= 4 is 45.4 Å². The van der Waals surface area contributed by atoms with Gasteiger partial charge in [0.15, 0.2) is 4.96 Å². The molecule has 5 rings (SSSR count). The van der Waals surface area contributed by atoms with Crippen molar-refractivity contribution in [3.8, 4) is 0 Å². The second-order valence-corrected chi connectivity index (χ2v) is 13.5. The number of hydrogen-bond acceptors (Lipinski definition) is 5. The van der Waals surface area contributed by atoms with Crippen molar-refractivity contribution in [2.75, 3.05) is 6.61 Å². The normalized spacial score (nSPS) is 11.6. The number of aryl methyl sites for hydroxylation is 1. The molecule has 5 aromatic rings.